The van der Waals surface area contributed by atoms with Gasteiger partial charge in [0, 0.05) is 20.7 Å². The Balaban J connectivity index is 1.99. The molecule has 3 aromatic rings. The number of carbonyl (C=O) groups excluding carboxylic acids is 1. The highest BCUT2D eigenvalue weighted by atomic mass is 79.9. The summed E-state index contributed by atoms with van der Waals surface area (Å²) in [5.74, 6) is -0.0830. The summed E-state index contributed by atoms with van der Waals surface area (Å²) in [6.07, 6.45) is 0. The van der Waals surface area contributed by atoms with Crippen LogP contribution >= 0.6 is 27.5 Å². The van der Waals surface area contributed by atoms with Gasteiger partial charge in [-0.2, -0.15) is 0 Å². The molecule has 1 aromatic heterocycles. The van der Waals surface area contributed by atoms with Crippen LogP contribution in [0.3, 0.4) is 0 Å². The summed E-state index contributed by atoms with van der Waals surface area (Å²) < 4.78 is 2.55. The van der Waals surface area contributed by atoms with Gasteiger partial charge in [-0.25, -0.2) is 4.68 Å². The van der Waals surface area contributed by atoms with E-state index in [4.69, 9.17) is 11.6 Å². The zero-order valence-corrected chi connectivity index (χ0v) is 15.0. The molecule has 0 saturated heterocycles. The van der Waals surface area contributed by atoms with Gasteiger partial charge in [-0.05, 0) is 49.4 Å². The lowest BCUT2D eigenvalue weighted by Gasteiger charge is -2.23. The van der Waals surface area contributed by atoms with Gasteiger partial charge in [-0.3, -0.25) is 9.69 Å². The average Bonchev–Trinajstić information content (AvgIpc) is 2.84. The third kappa shape index (κ3) is 2.42. The van der Waals surface area contributed by atoms with Crippen molar-refractivity contribution in [1.29, 1.82) is 0 Å². The lowest BCUT2D eigenvalue weighted by Crippen LogP contribution is -2.28. The smallest absolute Gasteiger partial charge is 0.253 e. The van der Waals surface area contributed by atoms with Crippen molar-refractivity contribution in [3.8, 4) is 11.3 Å². The van der Waals surface area contributed by atoms with Gasteiger partial charge < -0.3 is 0 Å². The van der Waals surface area contributed by atoms with Crippen LogP contribution in [0.4, 0.5) is 11.4 Å². The Morgan fingerprint density at radius 2 is 1.92 bits per heavy atom. The lowest BCUT2D eigenvalue weighted by atomic mass is 10.1. The van der Waals surface area contributed by atoms with Crippen LogP contribution in [0.25, 0.3) is 11.3 Å². The van der Waals surface area contributed by atoms with Crippen molar-refractivity contribution in [3.63, 3.8) is 0 Å². The summed E-state index contributed by atoms with van der Waals surface area (Å²) in [6, 6.07) is 13.1. The molecule has 0 spiro atoms. The zero-order valence-electron chi connectivity index (χ0n) is 12.7. The Bertz CT molecular complexity index is 952. The highest BCUT2D eigenvalue weighted by Crippen LogP contribution is 2.40. The van der Waals surface area contributed by atoms with E-state index in [1.807, 2.05) is 37.3 Å². The summed E-state index contributed by atoms with van der Waals surface area (Å²) in [5, 5.41) is 8.86. The molecule has 0 saturated carbocycles. The van der Waals surface area contributed by atoms with E-state index >= 15 is 0 Å². The molecule has 0 radical (unpaired) electrons. The van der Waals surface area contributed by atoms with E-state index in [0.717, 1.165) is 32.8 Å². The van der Waals surface area contributed by atoms with Crippen LogP contribution in [0.2, 0.25) is 5.02 Å². The van der Waals surface area contributed by atoms with E-state index in [2.05, 4.69) is 26.2 Å². The number of carbonyl (C=O) groups is 1. The molecule has 1 amide bonds. The lowest BCUT2D eigenvalue weighted by molar-refractivity contribution is -0.118. The summed E-state index contributed by atoms with van der Waals surface area (Å²) in [5.41, 5.74) is 4.13. The minimum absolute atomic E-state index is 0.0830. The first kappa shape index (κ1) is 15.4. The first-order valence-corrected chi connectivity index (χ1v) is 8.50. The molecular formula is C17H12BrClN4O. The van der Waals surface area contributed by atoms with Gasteiger partial charge in [-0.15, -0.1) is 5.10 Å². The number of hydrogen-bond acceptors (Lipinski definition) is 3. The SMILES string of the molecule is Cc1nnn2c1-c1ccc(Br)cc1N(c1ccc(Cl)cc1)C(=O)C2. The second-order valence-corrected chi connectivity index (χ2v) is 6.90. The minimum atomic E-state index is -0.0830. The number of anilines is 2. The summed E-state index contributed by atoms with van der Waals surface area (Å²) in [7, 11) is 0. The van der Waals surface area contributed by atoms with Crippen LogP contribution in [0.15, 0.2) is 46.9 Å². The highest BCUT2D eigenvalue weighted by molar-refractivity contribution is 9.10. The van der Waals surface area contributed by atoms with Gasteiger partial charge in [-0.1, -0.05) is 32.7 Å². The van der Waals surface area contributed by atoms with Crippen molar-refractivity contribution in [2.45, 2.75) is 13.5 Å². The molecule has 7 heteroatoms. The standard InChI is InChI=1S/C17H12BrClN4O/c1-10-17-14-7-2-11(18)8-15(14)23(13-5-3-12(19)4-6-13)16(24)9-22(17)21-20-10/h2-8H,9H2,1H3. The number of aryl methyl sites for hydroxylation is 1. The number of benzene rings is 2. The molecule has 0 atom stereocenters. The van der Waals surface area contributed by atoms with E-state index in [1.165, 1.54) is 0 Å². The molecule has 0 unspecified atom stereocenters. The maximum Gasteiger partial charge on any atom is 0.253 e. The molecular weight excluding hydrogens is 392 g/mol. The Labute approximate surface area is 152 Å². The third-order valence-electron chi connectivity index (χ3n) is 3.98. The molecule has 24 heavy (non-hydrogen) atoms. The highest BCUT2D eigenvalue weighted by Gasteiger charge is 2.29. The normalized spacial score (nSPS) is 13.5. The van der Waals surface area contributed by atoms with Crippen molar-refractivity contribution in [1.82, 2.24) is 15.0 Å². The van der Waals surface area contributed by atoms with Crippen molar-refractivity contribution in [3.05, 3.63) is 57.7 Å². The zero-order chi connectivity index (χ0) is 16.8. The fourth-order valence-corrected chi connectivity index (χ4v) is 3.42. The molecule has 1 aliphatic rings. The molecule has 120 valence electrons. The molecule has 0 bridgehead atoms. The summed E-state index contributed by atoms with van der Waals surface area (Å²) in [4.78, 5) is 14.6. The van der Waals surface area contributed by atoms with Gasteiger partial charge in [0.15, 0.2) is 0 Å². The minimum Gasteiger partial charge on any atom is -0.279 e. The van der Waals surface area contributed by atoms with Gasteiger partial charge >= 0.3 is 0 Å². The largest absolute Gasteiger partial charge is 0.279 e. The summed E-state index contributed by atoms with van der Waals surface area (Å²) >= 11 is 9.49. The number of amides is 1. The van der Waals surface area contributed by atoms with Crippen molar-refractivity contribution in [2.75, 3.05) is 4.90 Å². The maximum absolute atomic E-state index is 12.9. The molecule has 0 fully saturated rings. The van der Waals surface area contributed by atoms with Crippen LogP contribution in [0.5, 0.6) is 0 Å². The molecule has 4 rings (SSSR count). The molecule has 2 aromatic carbocycles. The Hall–Kier alpha value is -2.18. The number of nitrogens with zero attached hydrogens (tertiary/aromatic N) is 4. The van der Waals surface area contributed by atoms with Crippen molar-refractivity contribution in [2.24, 2.45) is 0 Å². The van der Waals surface area contributed by atoms with Crippen LogP contribution in [0, 0.1) is 6.92 Å². The average molecular weight is 404 g/mol. The Morgan fingerprint density at radius 3 is 2.67 bits per heavy atom. The van der Waals surface area contributed by atoms with Crippen LogP contribution in [-0.4, -0.2) is 20.9 Å². The van der Waals surface area contributed by atoms with E-state index in [9.17, 15) is 4.79 Å². The second-order valence-electron chi connectivity index (χ2n) is 5.55. The number of halogens is 2. The molecule has 2 heterocycles. The maximum atomic E-state index is 12.9. The van der Waals surface area contributed by atoms with Crippen LogP contribution in [-0.2, 0) is 11.3 Å². The second kappa shape index (κ2) is 5.72. The van der Waals surface area contributed by atoms with Crippen LogP contribution < -0.4 is 4.90 Å². The predicted molar refractivity (Wildman–Crippen MR) is 96.5 cm³/mol. The molecule has 0 N–H and O–H groups in total. The first-order valence-electron chi connectivity index (χ1n) is 7.33. The van der Waals surface area contributed by atoms with Gasteiger partial charge in [0.25, 0.3) is 5.91 Å². The van der Waals surface area contributed by atoms with Gasteiger partial charge in [0.1, 0.15) is 6.54 Å². The van der Waals surface area contributed by atoms with E-state index in [0.29, 0.717) is 5.02 Å². The van der Waals surface area contributed by atoms with E-state index in [-0.39, 0.29) is 12.5 Å². The monoisotopic (exact) mass is 402 g/mol. The number of aromatic nitrogens is 3. The number of hydrogen-bond donors (Lipinski definition) is 0. The quantitative estimate of drug-likeness (QED) is 0.607. The Morgan fingerprint density at radius 1 is 1.17 bits per heavy atom. The molecule has 5 nitrogen and oxygen atoms in total. The fourth-order valence-electron chi connectivity index (χ4n) is 2.94. The molecule has 0 aliphatic carbocycles. The summed E-state index contributed by atoms with van der Waals surface area (Å²) in [6.45, 7) is 2.03. The number of rotatable bonds is 1. The molecule has 1 aliphatic heterocycles. The van der Waals surface area contributed by atoms with Gasteiger partial charge in [0.05, 0.1) is 17.1 Å². The Kier molecular flexibility index (Phi) is 3.66. The number of fused-ring (bicyclic) bond motifs is 3. The fraction of sp³-hybridized carbons (Fsp3) is 0.118. The third-order valence-corrected chi connectivity index (χ3v) is 4.72. The van der Waals surface area contributed by atoms with E-state index < -0.39 is 0 Å². The van der Waals surface area contributed by atoms with Gasteiger partial charge in [0.2, 0.25) is 0 Å². The first-order chi connectivity index (χ1) is 11.5. The predicted octanol–water partition coefficient (Wildman–Crippen LogP) is 4.35. The van der Waals surface area contributed by atoms with Crippen molar-refractivity contribution >= 4 is 44.8 Å². The van der Waals surface area contributed by atoms with E-state index in [1.54, 1.807) is 21.7 Å². The van der Waals surface area contributed by atoms with Crippen LogP contribution in [0.1, 0.15) is 5.69 Å². The van der Waals surface area contributed by atoms with Crippen molar-refractivity contribution < 1.29 is 4.79 Å². The topological polar surface area (TPSA) is 51.0 Å².